The van der Waals surface area contributed by atoms with Crippen LogP contribution in [0.1, 0.15) is 19.8 Å². The van der Waals surface area contributed by atoms with Crippen LogP contribution in [0.25, 0.3) is 0 Å². The summed E-state index contributed by atoms with van der Waals surface area (Å²) in [4.78, 5) is 0. The van der Waals surface area contributed by atoms with Gasteiger partial charge in [0.15, 0.2) is 0 Å². The summed E-state index contributed by atoms with van der Waals surface area (Å²) in [5.41, 5.74) is 4.38. The van der Waals surface area contributed by atoms with Crippen molar-refractivity contribution in [3.05, 3.63) is 12.2 Å². The SMILES string of the molecule is C[C@H]1/C=C/CCSC2CC(O)(CO)C(O)C(O2)[C@@H]1N. The monoisotopic (exact) mass is 289 g/mol. The van der Waals surface area contributed by atoms with Crippen LogP contribution in [-0.2, 0) is 4.74 Å². The van der Waals surface area contributed by atoms with Gasteiger partial charge in [0.25, 0.3) is 0 Å². The fraction of sp³-hybridized carbons (Fsp3) is 0.846. The van der Waals surface area contributed by atoms with Crippen molar-refractivity contribution in [3.8, 4) is 0 Å². The lowest BCUT2D eigenvalue weighted by atomic mass is 9.82. The van der Waals surface area contributed by atoms with Gasteiger partial charge in [-0.2, -0.15) is 0 Å². The van der Waals surface area contributed by atoms with Crippen LogP contribution in [0.2, 0.25) is 0 Å². The van der Waals surface area contributed by atoms with Gasteiger partial charge < -0.3 is 25.8 Å². The second kappa shape index (κ2) is 6.11. The highest BCUT2D eigenvalue weighted by Gasteiger charge is 2.50. The minimum atomic E-state index is -1.53. The molecule has 0 spiro atoms. The van der Waals surface area contributed by atoms with E-state index in [1.54, 1.807) is 11.8 Å². The number of nitrogens with two attached hydrogens (primary N) is 1. The molecule has 19 heavy (non-hydrogen) atoms. The van der Waals surface area contributed by atoms with Gasteiger partial charge in [-0.05, 0) is 18.1 Å². The van der Waals surface area contributed by atoms with Crippen LogP contribution in [0.15, 0.2) is 12.2 Å². The maximum Gasteiger partial charge on any atom is 0.119 e. The van der Waals surface area contributed by atoms with Crippen LogP contribution in [0, 0.1) is 5.92 Å². The summed E-state index contributed by atoms with van der Waals surface area (Å²) in [5, 5.41) is 30.0. The molecule has 0 aromatic rings. The normalized spacial score (nSPS) is 49.6. The van der Waals surface area contributed by atoms with E-state index in [9.17, 15) is 15.3 Å². The topological polar surface area (TPSA) is 95.9 Å². The Morgan fingerprint density at radius 1 is 1.53 bits per heavy atom. The molecule has 2 aliphatic heterocycles. The lowest BCUT2D eigenvalue weighted by molar-refractivity contribution is -0.216. The summed E-state index contributed by atoms with van der Waals surface area (Å²) in [6, 6.07) is -0.411. The molecular formula is C13H23NO4S. The highest BCUT2D eigenvalue weighted by Crippen LogP contribution is 2.37. The number of allylic oxidation sites excluding steroid dienone is 1. The van der Waals surface area contributed by atoms with E-state index in [0.717, 1.165) is 12.2 Å². The Hall–Kier alpha value is -0.110. The third-order valence-corrected chi connectivity index (χ3v) is 5.10. The molecule has 5 N–H and O–H groups in total. The number of hydrogen-bond donors (Lipinski definition) is 4. The zero-order valence-corrected chi connectivity index (χ0v) is 11.9. The molecule has 5 nitrogen and oxygen atoms in total. The number of aliphatic hydroxyl groups is 3. The largest absolute Gasteiger partial charge is 0.393 e. The summed E-state index contributed by atoms with van der Waals surface area (Å²) in [7, 11) is 0. The molecule has 110 valence electrons. The van der Waals surface area contributed by atoms with Gasteiger partial charge in [0.05, 0.1) is 6.61 Å². The number of thioether (sulfide) groups is 1. The molecule has 4 unspecified atom stereocenters. The Labute approximate surface area is 117 Å². The van der Waals surface area contributed by atoms with E-state index in [-0.39, 0.29) is 17.8 Å². The van der Waals surface area contributed by atoms with E-state index in [0.29, 0.717) is 0 Å². The van der Waals surface area contributed by atoms with Gasteiger partial charge in [-0.25, -0.2) is 0 Å². The van der Waals surface area contributed by atoms with Crippen molar-refractivity contribution in [2.24, 2.45) is 11.7 Å². The van der Waals surface area contributed by atoms with E-state index in [4.69, 9.17) is 10.5 Å². The third kappa shape index (κ3) is 3.15. The fourth-order valence-corrected chi connectivity index (χ4v) is 3.72. The molecule has 6 heteroatoms. The van der Waals surface area contributed by atoms with E-state index in [1.165, 1.54) is 0 Å². The quantitative estimate of drug-likeness (QED) is 0.501. The van der Waals surface area contributed by atoms with Crippen LogP contribution < -0.4 is 5.73 Å². The molecule has 1 saturated heterocycles. The number of ether oxygens (including phenoxy) is 1. The van der Waals surface area contributed by atoms with Gasteiger partial charge in [-0.3, -0.25) is 0 Å². The van der Waals surface area contributed by atoms with E-state index < -0.39 is 30.5 Å². The summed E-state index contributed by atoms with van der Waals surface area (Å²) >= 11 is 1.59. The van der Waals surface area contributed by atoms with Gasteiger partial charge >= 0.3 is 0 Å². The van der Waals surface area contributed by atoms with Crippen molar-refractivity contribution in [2.75, 3.05) is 12.4 Å². The number of fused-ring (bicyclic) bond motifs is 2. The average Bonchev–Trinajstić information content (AvgIpc) is 2.40. The van der Waals surface area contributed by atoms with Crippen LogP contribution in [0.5, 0.6) is 0 Å². The molecule has 2 bridgehead atoms. The van der Waals surface area contributed by atoms with Crippen LogP contribution in [-0.4, -0.2) is 57.0 Å². The summed E-state index contributed by atoms with van der Waals surface area (Å²) < 4.78 is 5.84. The molecule has 6 atom stereocenters. The predicted molar refractivity (Wildman–Crippen MR) is 74.7 cm³/mol. The van der Waals surface area contributed by atoms with E-state index in [2.05, 4.69) is 6.08 Å². The molecule has 2 heterocycles. The van der Waals surface area contributed by atoms with Crippen molar-refractivity contribution in [1.29, 1.82) is 0 Å². The molecule has 0 aromatic carbocycles. The standard InChI is InChI=1S/C13H23NO4S/c1-8-4-2-3-5-19-9-6-13(17,7-15)12(16)11(18-9)10(8)14/h2,4,8-12,15-17H,3,5-7,14H2,1H3/b4-2+/t8-,9?,10+,11?,12?,13?/m0/s1. The average molecular weight is 289 g/mol. The fourth-order valence-electron chi connectivity index (χ4n) is 2.58. The lowest BCUT2D eigenvalue weighted by Crippen LogP contribution is -2.64. The Bertz CT molecular complexity index is 341. The van der Waals surface area contributed by atoms with Gasteiger partial charge in [-0.1, -0.05) is 19.1 Å². The first-order valence-electron chi connectivity index (χ1n) is 6.68. The molecular weight excluding hydrogens is 266 g/mol. The number of rotatable bonds is 1. The lowest BCUT2D eigenvalue weighted by Gasteiger charge is -2.46. The van der Waals surface area contributed by atoms with Gasteiger partial charge in [-0.15, -0.1) is 11.8 Å². The molecule has 2 aliphatic rings. The van der Waals surface area contributed by atoms with Crippen LogP contribution in [0.4, 0.5) is 0 Å². The maximum atomic E-state index is 10.4. The zero-order chi connectivity index (χ0) is 14.0. The zero-order valence-electron chi connectivity index (χ0n) is 11.1. The smallest absolute Gasteiger partial charge is 0.119 e. The Morgan fingerprint density at radius 2 is 2.26 bits per heavy atom. The molecule has 0 radical (unpaired) electrons. The molecule has 2 rings (SSSR count). The molecule has 0 aromatic heterocycles. The van der Waals surface area contributed by atoms with E-state index >= 15 is 0 Å². The summed E-state index contributed by atoms with van der Waals surface area (Å²) in [5.74, 6) is 0.928. The maximum absolute atomic E-state index is 10.4. The van der Waals surface area contributed by atoms with Gasteiger partial charge in [0, 0.05) is 12.5 Å². The second-order valence-electron chi connectivity index (χ2n) is 5.46. The van der Waals surface area contributed by atoms with Crippen molar-refractivity contribution in [1.82, 2.24) is 0 Å². The molecule has 1 fully saturated rings. The Balaban J connectivity index is 2.26. The molecule has 0 amide bonds. The summed E-state index contributed by atoms with van der Waals surface area (Å²) in [6.45, 7) is 1.48. The highest BCUT2D eigenvalue weighted by molar-refractivity contribution is 7.99. The third-order valence-electron chi connectivity index (χ3n) is 3.98. The minimum Gasteiger partial charge on any atom is -0.393 e. The van der Waals surface area contributed by atoms with Crippen LogP contribution in [0.3, 0.4) is 0 Å². The first-order valence-corrected chi connectivity index (χ1v) is 7.73. The number of hydrogen-bond acceptors (Lipinski definition) is 6. The highest BCUT2D eigenvalue weighted by atomic mass is 32.2. The van der Waals surface area contributed by atoms with Crippen molar-refractivity contribution in [3.63, 3.8) is 0 Å². The number of aliphatic hydroxyl groups excluding tert-OH is 2. The van der Waals surface area contributed by atoms with Crippen LogP contribution >= 0.6 is 11.8 Å². The van der Waals surface area contributed by atoms with Crippen molar-refractivity contribution < 1.29 is 20.1 Å². The Kier molecular flexibility index (Phi) is 4.92. The second-order valence-corrected chi connectivity index (χ2v) is 6.73. The Morgan fingerprint density at radius 3 is 2.95 bits per heavy atom. The van der Waals surface area contributed by atoms with Gasteiger partial charge in [0.2, 0.25) is 0 Å². The van der Waals surface area contributed by atoms with Crippen molar-refractivity contribution in [2.45, 2.75) is 49.1 Å². The molecule has 0 aliphatic carbocycles. The first-order chi connectivity index (χ1) is 8.98. The van der Waals surface area contributed by atoms with E-state index in [1.807, 2.05) is 13.0 Å². The van der Waals surface area contributed by atoms with Crippen molar-refractivity contribution >= 4 is 11.8 Å². The minimum absolute atomic E-state index is 0.0458. The predicted octanol–water partition coefficient (Wildman–Crippen LogP) is -0.158. The first kappa shape index (κ1) is 15.3. The van der Waals surface area contributed by atoms with Gasteiger partial charge in [0.1, 0.15) is 23.2 Å². The summed E-state index contributed by atoms with van der Waals surface area (Å²) in [6.07, 6.45) is 3.43. The molecule has 0 saturated carbocycles.